The van der Waals surface area contributed by atoms with Gasteiger partial charge in [-0.05, 0) is 12.8 Å². The van der Waals surface area contributed by atoms with Gasteiger partial charge in [0.1, 0.15) is 0 Å². The van der Waals surface area contributed by atoms with Gasteiger partial charge in [-0.15, -0.1) is 0 Å². The highest BCUT2D eigenvalue weighted by Gasteiger charge is 2.25. The zero-order valence-electron chi connectivity index (χ0n) is 7.45. The van der Waals surface area contributed by atoms with Crippen molar-refractivity contribution >= 4 is 11.6 Å². The third kappa shape index (κ3) is 1.63. The van der Waals surface area contributed by atoms with E-state index >= 15 is 0 Å². The van der Waals surface area contributed by atoms with Crippen LogP contribution in [0.1, 0.15) is 23.3 Å². The average Bonchev–Trinajstić information content (AvgIpc) is 2.77. The van der Waals surface area contributed by atoms with E-state index in [0.717, 1.165) is 12.8 Å². The van der Waals surface area contributed by atoms with E-state index in [4.69, 9.17) is 5.73 Å². The lowest BCUT2D eigenvalue weighted by Crippen LogP contribution is -2.26. The first-order valence-electron chi connectivity index (χ1n) is 4.27. The predicted octanol–water partition coefficient (Wildman–Crippen LogP) is -0.106. The summed E-state index contributed by atoms with van der Waals surface area (Å²) in [6.45, 7) is 0. The van der Waals surface area contributed by atoms with Crippen molar-refractivity contribution in [3.05, 3.63) is 11.9 Å². The molecule has 2 rings (SSSR count). The van der Waals surface area contributed by atoms with E-state index in [-0.39, 0.29) is 5.91 Å². The number of aryl methyl sites for hydroxylation is 1. The van der Waals surface area contributed by atoms with E-state index in [1.807, 2.05) is 0 Å². The number of carbonyl (C=O) groups excluding carboxylic acids is 1. The minimum absolute atomic E-state index is 0.166. The Balaban J connectivity index is 2.13. The molecule has 1 aliphatic rings. The molecule has 0 aliphatic heterocycles. The zero-order valence-corrected chi connectivity index (χ0v) is 7.45. The molecular formula is C8H12N4O. The molecule has 0 spiro atoms. The molecule has 1 aromatic heterocycles. The maximum Gasteiger partial charge on any atom is 0.274 e. The molecule has 5 nitrogen and oxygen atoms in total. The number of hydrogen-bond donors (Lipinski definition) is 2. The van der Waals surface area contributed by atoms with E-state index < -0.39 is 0 Å². The number of nitrogens with one attached hydrogen (secondary N) is 1. The van der Waals surface area contributed by atoms with Crippen LogP contribution >= 0.6 is 0 Å². The fourth-order valence-electron chi connectivity index (χ4n) is 1.16. The third-order valence-electron chi connectivity index (χ3n) is 1.98. The highest BCUT2D eigenvalue weighted by atomic mass is 16.2. The molecule has 0 aromatic carbocycles. The first-order chi connectivity index (χ1) is 6.16. The number of nitrogen functional groups attached to an aromatic ring is 1. The van der Waals surface area contributed by atoms with Gasteiger partial charge in [0.15, 0.2) is 5.69 Å². The van der Waals surface area contributed by atoms with Gasteiger partial charge >= 0.3 is 0 Å². The van der Waals surface area contributed by atoms with E-state index in [1.165, 1.54) is 4.68 Å². The molecule has 0 unspecified atom stereocenters. The van der Waals surface area contributed by atoms with Crippen molar-refractivity contribution in [1.29, 1.82) is 0 Å². The third-order valence-corrected chi connectivity index (χ3v) is 1.98. The Kier molecular flexibility index (Phi) is 1.72. The number of aromatic nitrogens is 2. The molecule has 5 heteroatoms. The summed E-state index contributed by atoms with van der Waals surface area (Å²) in [6.07, 6.45) is 3.76. The van der Waals surface area contributed by atoms with Gasteiger partial charge in [0.25, 0.3) is 5.91 Å². The quantitative estimate of drug-likeness (QED) is 0.667. The summed E-state index contributed by atoms with van der Waals surface area (Å²) in [4.78, 5) is 11.5. The normalized spacial score (nSPS) is 15.8. The number of carbonyl (C=O) groups is 1. The Bertz CT molecular complexity index is 340. The lowest BCUT2D eigenvalue weighted by molar-refractivity contribution is 0.0946. The molecule has 1 saturated carbocycles. The maximum absolute atomic E-state index is 11.5. The minimum atomic E-state index is -0.166. The van der Waals surface area contributed by atoms with Crippen LogP contribution in [0.2, 0.25) is 0 Å². The number of hydrogen-bond acceptors (Lipinski definition) is 3. The molecule has 1 aliphatic carbocycles. The van der Waals surface area contributed by atoms with Crippen LogP contribution in [-0.4, -0.2) is 21.7 Å². The number of anilines is 1. The van der Waals surface area contributed by atoms with Crippen LogP contribution in [0, 0.1) is 0 Å². The second kappa shape index (κ2) is 2.76. The molecule has 1 amide bonds. The first kappa shape index (κ1) is 8.10. The monoisotopic (exact) mass is 180 g/mol. The lowest BCUT2D eigenvalue weighted by Gasteiger charge is -1.99. The van der Waals surface area contributed by atoms with Crippen LogP contribution in [0.3, 0.4) is 0 Å². The standard InChI is InChI=1S/C8H12N4O/c1-12-4-6(9)7(11-12)8(13)10-5-2-3-5/h4-5H,2-3,9H2,1H3,(H,10,13). The van der Waals surface area contributed by atoms with Crippen LogP contribution < -0.4 is 11.1 Å². The molecule has 1 aromatic rings. The van der Waals surface area contributed by atoms with Gasteiger partial charge in [0.05, 0.1) is 5.69 Å². The molecule has 0 radical (unpaired) electrons. The Morgan fingerprint density at radius 1 is 1.77 bits per heavy atom. The van der Waals surface area contributed by atoms with Gasteiger partial charge in [-0.3, -0.25) is 9.48 Å². The summed E-state index contributed by atoms with van der Waals surface area (Å²) in [5.74, 6) is -0.166. The molecule has 1 heterocycles. The summed E-state index contributed by atoms with van der Waals surface area (Å²) >= 11 is 0. The van der Waals surface area contributed by atoms with E-state index in [2.05, 4.69) is 10.4 Å². The molecule has 3 N–H and O–H groups in total. The van der Waals surface area contributed by atoms with Gasteiger partial charge in [-0.1, -0.05) is 0 Å². The number of amides is 1. The molecule has 1 fully saturated rings. The van der Waals surface area contributed by atoms with E-state index in [0.29, 0.717) is 17.4 Å². The van der Waals surface area contributed by atoms with Gasteiger partial charge in [0.2, 0.25) is 0 Å². The Morgan fingerprint density at radius 2 is 2.46 bits per heavy atom. The Labute approximate surface area is 75.9 Å². The van der Waals surface area contributed by atoms with Gasteiger partial charge < -0.3 is 11.1 Å². The minimum Gasteiger partial charge on any atom is -0.396 e. The highest BCUT2D eigenvalue weighted by Crippen LogP contribution is 2.19. The fourth-order valence-corrected chi connectivity index (χ4v) is 1.16. The molecule has 0 saturated heterocycles. The Morgan fingerprint density at radius 3 is 2.92 bits per heavy atom. The molecule has 0 atom stereocenters. The summed E-state index contributed by atoms with van der Waals surface area (Å²) in [6, 6.07) is 0.342. The second-order valence-electron chi connectivity index (χ2n) is 3.35. The maximum atomic E-state index is 11.5. The van der Waals surface area contributed by atoms with E-state index in [1.54, 1.807) is 13.2 Å². The zero-order chi connectivity index (χ0) is 9.42. The SMILES string of the molecule is Cn1cc(N)c(C(=O)NC2CC2)n1. The van der Waals surface area contributed by atoms with Crippen LogP contribution in [-0.2, 0) is 7.05 Å². The van der Waals surface area contributed by atoms with Crippen LogP contribution in [0.5, 0.6) is 0 Å². The van der Waals surface area contributed by atoms with Crippen molar-refractivity contribution in [1.82, 2.24) is 15.1 Å². The lowest BCUT2D eigenvalue weighted by atomic mass is 10.3. The van der Waals surface area contributed by atoms with Gasteiger partial charge in [0, 0.05) is 19.3 Å². The van der Waals surface area contributed by atoms with Gasteiger partial charge in [-0.25, -0.2) is 0 Å². The van der Waals surface area contributed by atoms with E-state index in [9.17, 15) is 4.79 Å². The predicted molar refractivity (Wildman–Crippen MR) is 48.1 cm³/mol. The number of nitrogens with two attached hydrogens (primary N) is 1. The van der Waals surface area contributed by atoms with Crippen LogP contribution in [0.15, 0.2) is 6.20 Å². The smallest absolute Gasteiger partial charge is 0.274 e. The van der Waals surface area contributed by atoms with Crippen molar-refractivity contribution < 1.29 is 4.79 Å². The molecular weight excluding hydrogens is 168 g/mol. The fraction of sp³-hybridized carbons (Fsp3) is 0.500. The summed E-state index contributed by atoms with van der Waals surface area (Å²) in [5.41, 5.74) is 6.35. The van der Waals surface area contributed by atoms with Crippen LogP contribution in [0.25, 0.3) is 0 Å². The second-order valence-corrected chi connectivity index (χ2v) is 3.35. The number of rotatable bonds is 2. The molecule has 0 bridgehead atoms. The van der Waals surface area contributed by atoms with Crippen molar-refractivity contribution in [2.24, 2.45) is 7.05 Å². The van der Waals surface area contributed by atoms with Crippen LogP contribution in [0.4, 0.5) is 5.69 Å². The topological polar surface area (TPSA) is 72.9 Å². The highest BCUT2D eigenvalue weighted by molar-refractivity contribution is 5.97. The van der Waals surface area contributed by atoms with Crippen molar-refractivity contribution in [3.8, 4) is 0 Å². The van der Waals surface area contributed by atoms with Crippen molar-refractivity contribution in [2.75, 3.05) is 5.73 Å². The number of nitrogens with zero attached hydrogens (tertiary/aromatic N) is 2. The summed E-state index contributed by atoms with van der Waals surface area (Å²) < 4.78 is 1.54. The van der Waals surface area contributed by atoms with Crippen molar-refractivity contribution in [2.45, 2.75) is 18.9 Å². The summed E-state index contributed by atoms with van der Waals surface area (Å²) in [5, 5.41) is 6.80. The van der Waals surface area contributed by atoms with Crippen molar-refractivity contribution in [3.63, 3.8) is 0 Å². The molecule has 70 valence electrons. The Hall–Kier alpha value is -1.52. The largest absolute Gasteiger partial charge is 0.396 e. The van der Waals surface area contributed by atoms with Gasteiger partial charge in [-0.2, -0.15) is 5.10 Å². The molecule has 13 heavy (non-hydrogen) atoms. The summed E-state index contributed by atoms with van der Waals surface area (Å²) in [7, 11) is 1.74. The first-order valence-corrected chi connectivity index (χ1v) is 4.27. The average molecular weight is 180 g/mol.